The van der Waals surface area contributed by atoms with Gasteiger partial charge in [-0.25, -0.2) is 19.2 Å². The third kappa shape index (κ3) is 8.60. The minimum atomic E-state index is -0.675. The molecule has 2 aromatic rings. The molecule has 0 unspecified atom stereocenters. The average molecular weight is 517 g/mol. The van der Waals surface area contributed by atoms with E-state index in [0.717, 1.165) is 0 Å². The fourth-order valence-corrected chi connectivity index (χ4v) is 2.57. The highest BCUT2D eigenvalue weighted by molar-refractivity contribution is 5.92. The lowest BCUT2D eigenvalue weighted by atomic mass is 10.1. The predicted octanol–water partition coefficient (Wildman–Crippen LogP) is 5.78. The standard InChI is InChI=1S/C30H28O8/c1-17(2)27(31)35-23-12-11-22(26(16-23)38-30(34)20(7)8)10-9-21-13-24(36-28(32)18(3)4)15-25(14-21)37-29(33)19(5)6/h9-16H,1,3,5,7H2,2,4,6,8H3. The minimum absolute atomic E-state index is 0.0973. The quantitative estimate of drug-likeness (QED) is 0.169. The van der Waals surface area contributed by atoms with Gasteiger partial charge < -0.3 is 18.9 Å². The first-order chi connectivity index (χ1) is 17.8. The summed E-state index contributed by atoms with van der Waals surface area (Å²) in [6, 6.07) is 8.93. The van der Waals surface area contributed by atoms with E-state index in [-0.39, 0.29) is 45.3 Å². The molecule has 2 aromatic carbocycles. The molecule has 0 atom stereocenters. The zero-order chi connectivity index (χ0) is 28.6. The zero-order valence-corrected chi connectivity index (χ0v) is 21.7. The van der Waals surface area contributed by atoms with Crippen LogP contribution in [-0.2, 0) is 19.2 Å². The van der Waals surface area contributed by atoms with Gasteiger partial charge >= 0.3 is 23.9 Å². The molecule has 0 spiro atoms. The first kappa shape index (κ1) is 29.3. The van der Waals surface area contributed by atoms with E-state index in [0.29, 0.717) is 11.1 Å². The molecule has 0 bridgehead atoms. The molecule has 0 saturated heterocycles. The van der Waals surface area contributed by atoms with E-state index in [4.69, 9.17) is 18.9 Å². The monoisotopic (exact) mass is 516 g/mol. The summed E-state index contributed by atoms with van der Waals surface area (Å²) in [6.45, 7) is 20.2. The Morgan fingerprint density at radius 1 is 0.553 bits per heavy atom. The van der Waals surface area contributed by atoms with E-state index in [1.54, 1.807) is 18.2 Å². The minimum Gasteiger partial charge on any atom is -0.423 e. The van der Waals surface area contributed by atoms with Gasteiger partial charge in [-0.15, -0.1) is 0 Å². The largest absolute Gasteiger partial charge is 0.423 e. The molecule has 0 aliphatic carbocycles. The van der Waals surface area contributed by atoms with Crippen LogP contribution in [-0.4, -0.2) is 23.9 Å². The lowest BCUT2D eigenvalue weighted by Crippen LogP contribution is -2.11. The van der Waals surface area contributed by atoms with Crippen LogP contribution in [0.5, 0.6) is 23.0 Å². The molecule has 0 heterocycles. The summed E-state index contributed by atoms with van der Waals surface area (Å²) < 4.78 is 21.3. The van der Waals surface area contributed by atoms with Gasteiger partial charge in [0.25, 0.3) is 0 Å². The smallest absolute Gasteiger partial charge is 0.338 e. The molecule has 8 heteroatoms. The van der Waals surface area contributed by atoms with Crippen molar-refractivity contribution in [1.29, 1.82) is 0 Å². The van der Waals surface area contributed by atoms with E-state index < -0.39 is 23.9 Å². The highest BCUT2D eigenvalue weighted by Gasteiger charge is 2.14. The second-order valence-electron chi connectivity index (χ2n) is 8.45. The normalized spacial score (nSPS) is 10.3. The van der Waals surface area contributed by atoms with Gasteiger partial charge in [0.2, 0.25) is 0 Å². The Morgan fingerprint density at radius 2 is 0.974 bits per heavy atom. The third-order valence-electron chi connectivity index (χ3n) is 4.57. The number of rotatable bonds is 10. The van der Waals surface area contributed by atoms with Crippen molar-refractivity contribution in [2.24, 2.45) is 0 Å². The summed E-state index contributed by atoms with van der Waals surface area (Å²) >= 11 is 0. The topological polar surface area (TPSA) is 105 Å². The number of hydrogen-bond donors (Lipinski definition) is 0. The van der Waals surface area contributed by atoms with E-state index in [1.807, 2.05) is 0 Å². The Morgan fingerprint density at radius 3 is 1.42 bits per heavy atom. The van der Waals surface area contributed by atoms with Crippen LogP contribution in [0.1, 0.15) is 38.8 Å². The maximum Gasteiger partial charge on any atom is 0.338 e. The van der Waals surface area contributed by atoms with Crippen LogP contribution in [0.3, 0.4) is 0 Å². The van der Waals surface area contributed by atoms with Crippen molar-refractivity contribution in [3.8, 4) is 23.0 Å². The van der Waals surface area contributed by atoms with Crippen LogP contribution < -0.4 is 18.9 Å². The number of carbonyl (C=O) groups is 4. The molecule has 0 N–H and O–H groups in total. The first-order valence-electron chi connectivity index (χ1n) is 11.2. The summed E-state index contributed by atoms with van der Waals surface area (Å²) in [7, 11) is 0. The molecule has 0 saturated carbocycles. The maximum absolute atomic E-state index is 12.2. The lowest BCUT2D eigenvalue weighted by Gasteiger charge is -2.11. The van der Waals surface area contributed by atoms with Crippen molar-refractivity contribution in [3.63, 3.8) is 0 Å². The van der Waals surface area contributed by atoms with Crippen LogP contribution in [0.15, 0.2) is 85.0 Å². The Labute approximate surface area is 221 Å². The molecule has 0 aliphatic heterocycles. The summed E-state index contributed by atoms with van der Waals surface area (Å²) in [6.07, 6.45) is 3.22. The van der Waals surface area contributed by atoms with E-state index in [1.165, 1.54) is 58.0 Å². The SMILES string of the molecule is C=C(C)C(=O)Oc1cc(C=Cc2ccc(OC(=O)C(=C)C)cc2OC(=O)C(=C)C)cc(OC(=O)C(=C)C)c1. The highest BCUT2D eigenvalue weighted by Crippen LogP contribution is 2.30. The Bertz CT molecular complexity index is 1340. The van der Waals surface area contributed by atoms with Crippen molar-refractivity contribution in [3.05, 3.63) is 96.1 Å². The van der Waals surface area contributed by atoms with Gasteiger partial charge in [0.15, 0.2) is 0 Å². The lowest BCUT2D eigenvalue weighted by molar-refractivity contribution is -0.131. The fourth-order valence-electron chi connectivity index (χ4n) is 2.57. The molecule has 0 radical (unpaired) electrons. The predicted molar refractivity (Wildman–Crippen MR) is 144 cm³/mol. The van der Waals surface area contributed by atoms with E-state index in [9.17, 15) is 19.2 Å². The zero-order valence-electron chi connectivity index (χ0n) is 21.7. The van der Waals surface area contributed by atoms with Crippen LogP contribution in [0.25, 0.3) is 12.2 Å². The molecule has 0 fully saturated rings. The van der Waals surface area contributed by atoms with Gasteiger partial charge in [-0.2, -0.15) is 0 Å². The number of ether oxygens (including phenoxy) is 4. The van der Waals surface area contributed by atoms with Crippen molar-refractivity contribution in [2.75, 3.05) is 0 Å². The maximum atomic E-state index is 12.2. The van der Waals surface area contributed by atoms with Gasteiger partial charge in [-0.3, -0.25) is 0 Å². The molecule has 0 aliphatic rings. The molecular weight excluding hydrogens is 488 g/mol. The molecule has 0 aromatic heterocycles. The second-order valence-corrected chi connectivity index (χ2v) is 8.45. The van der Waals surface area contributed by atoms with Crippen LogP contribution in [0.4, 0.5) is 0 Å². The summed E-state index contributed by atoms with van der Waals surface area (Å²) in [5.74, 6) is -2.16. The van der Waals surface area contributed by atoms with Crippen LogP contribution >= 0.6 is 0 Å². The number of esters is 4. The molecule has 2 rings (SSSR count). The van der Waals surface area contributed by atoms with Gasteiger partial charge in [-0.05, 0) is 57.5 Å². The second kappa shape index (κ2) is 12.8. The van der Waals surface area contributed by atoms with Gasteiger partial charge in [0.05, 0.1) is 0 Å². The average Bonchev–Trinajstić information content (AvgIpc) is 2.83. The summed E-state index contributed by atoms with van der Waals surface area (Å²) in [5.41, 5.74) is 1.66. The molecule has 38 heavy (non-hydrogen) atoms. The number of hydrogen-bond acceptors (Lipinski definition) is 8. The first-order valence-corrected chi connectivity index (χ1v) is 11.2. The van der Waals surface area contributed by atoms with E-state index in [2.05, 4.69) is 26.3 Å². The Kier molecular flexibility index (Phi) is 9.87. The Balaban J connectivity index is 2.50. The van der Waals surface area contributed by atoms with Crippen molar-refractivity contribution < 1.29 is 38.1 Å². The van der Waals surface area contributed by atoms with Gasteiger partial charge in [-0.1, -0.05) is 38.5 Å². The summed E-state index contributed by atoms with van der Waals surface area (Å²) in [4.78, 5) is 48.2. The Hall–Kier alpha value is -4.98. The number of benzene rings is 2. The number of carbonyl (C=O) groups excluding carboxylic acids is 4. The van der Waals surface area contributed by atoms with Crippen molar-refractivity contribution >= 4 is 36.0 Å². The molecule has 196 valence electrons. The molecule has 8 nitrogen and oxygen atoms in total. The molecule has 0 amide bonds. The van der Waals surface area contributed by atoms with Crippen molar-refractivity contribution in [1.82, 2.24) is 0 Å². The van der Waals surface area contributed by atoms with Crippen LogP contribution in [0.2, 0.25) is 0 Å². The van der Waals surface area contributed by atoms with Crippen molar-refractivity contribution in [2.45, 2.75) is 27.7 Å². The highest BCUT2D eigenvalue weighted by atomic mass is 16.6. The summed E-state index contributed by atoms with van der Waals surface area (Å²) in [5, 5.41) is 0. The van der Waals surface area contributed by atoms with Gasteiger partial charge in [0, 0.05) is 40.0 Å². The van der Waals surface area contributed by atoms with Crippen LogP contribution in [0, 0.1) is 0 Å². The van der Waals surface area contributed by atoms with Gasteiger partial charge in [0.1, 0.15) is 23.0 Å². The third-order valence-corrected chi connectivity index (χ3v) is 4.57. The van der Waals surface area contributed by atoms with E-state index >= 15 is 0 Å². The fraction of sp³-hybridized carbons (Fsp3) is 0.133. The molecular formula is C30H28O8.